The number of hydrogen-bond acceptors (Lipinski definition) is 5. The molecule has 0 aliphatic heterocycles. The summed E-state index contributed by atoms with van der Waals surface area (Å²) in [5.74, 6) is -1.70. The second-order valence-corrected chi connectivity index (χ2v) is 6.70. The van der Waals surface area contributed by atoms with E-state index < -0.39 is 21.8 Å². The van der Waals surface area contributed by atoms with Crippen LogP contribution >= 0.6 is 11.8 Å². The SMILES string of the molecule is CSc1ccc(NS(=O)(=O)c2cc(C(=O)O)oc2C)cc1. The molecule has 0 amide bonds. The number of thioether (sulfide) groups is 1. The topological polar surface area (TPSA) is 96.6 Å². The number of carboxylic acids is 1. The third-order valence-electron chi connectivity index (χ3n) is 2.71. The summed E-state index contributed by atoms with van der Waals surface area (Å²) in [7, 11) is -3.89. The lowest BCUT2D eigenvalue weighted by molar-refractivity contribution is 0.0661. The fourth-order valence-electron chi connectivity index (χ4n) is 1.71. The molecule has 0 unspecified atom stereocenters. The highest BCUT2D eigenvalue weighted by atomic mass is 32.2. The molecule has 112 valence electrons. The maximum Gasteiger partial charge on any atom is 0.371 e. The second kappa shape index (κ2) is 5.82. The highest BCUT2D eigenvalue weighted by Crippen LogP contribution is 2.24. The number of furan rings is 1. The third-order valence-corrected chi connectivity index (χ3v) is 4.95. The number of rotatable bonds is 5. The Balaban J connectivity index is 2.31. The Morgan fingerprint density at radius 3 is 2.38 bits per heavy atom. The molecule has 2 N–H and O–H groups in total. The second-order valence-electron chi connectivity index (χ2n) is 4.17. The lowest BCUT2D eigenvalue weighted by Gasteiger charge is -2.07. The van der Waals surface area contributed by atoms with Crippen molar-refractivity contribution in [3.8, 4) is 0 Å². The number of benzene rings is 1. The van der Waals surface area contributed by atoms with Crippen LogP contribution in [-0.4, -0.2) is 25.7 Å². The molecule has 0 atom stereocenters. The number of aromatic carboxylic acids is 1. The number of hydrogen-bond donors (Lipinski definition) is 2. The normalized spacial score (nSPS) is 11.3. The summed E-state index contributed by atoms with van der Waals surface area (Å²) in [5, 5.41) is 8.82. The molecule has 1 aromatic carbocycles. The van der Waals surface area contributed by atoms with Crippen molar-refractivity contribution in [2.75, 3.05) is 11.0 Å². The van der Waals surface area contributed by atoms with Crippen LogP contribution in [0, 0.1) is 6.92 Å². The summed E-state index contributed by atoms with van der Waals surface area (Å²) in [6.45, 7) is 1.40. The number of carboxylic acid groups (broad SMARTS) is 1. The first kappa shape index (κ1) is 15.5. The van der Waals surface area contributed by atoms with E-state index in [0.717, 1.165) is 11.0 Å². The van der Waals surface area contributed by atoms with Crippen LogP contribution in [0.2, 0.25) is 0 Å². The minimum atomic E-state index is -3.89. The molecule has 1 aromatic heterocycles. The number of carbonyl (C=O) groups is 1. The quantitative estimate of drug-likeness (QED) is 0.820. The molecule has 0 aliphatic rings. The summed E-state index contributed by atoms with van der Waals surface area (Å²) in [6.07, 6.45) is 1.92. The molecule has 2 aromatic rings. The van der Waals surface area contributed by atoms with E-state index in [1.807, 2.05) is 6.26 Å². The largest absolute Gasteiger partial charge is 0.475 e. The maximum atomic E-state index is 12.2. The molecule has 0 bridgehead atoms. The van der Waals surface area contributed by atoms with E-state index >= 15 is 0 Å². The summed E-state index contributed by atoms with van der Waals surface area (Å²) >= 11 is 1.54. The van der Waals surface area contributed by atoms with E-state index in [0.29, 0.717) is 5.69 Å². The van der Waals surface area contributed by atoms with E-state index in [2.05, 4.69) is 4.72 Å². The number of sulfonamides is 1. The van der Waals surface area contributed by atoms with Crippen molar-refractivity contribution in [2.45, 2.75) is 16.7 Å². The van der Waals surface area contributed by atoms with Crippen LogP contribution < -0.4 is 4.72 Å². The Morgan fingerprint density at radius 2 is 1.90 bits per heavy atom. The van der Waals surface area contributed by atoms with Gasteiger partial charge in [0.1, 0.15) is 10.7 Å². The minimum Gasteiger partial charge on any atom is -0.475 e. The molecule has 2 rings (SSSR count). The fraction of sp³-hybridized carbons (Fsp3) is 0.154. The number of nitrogens with one attached hydrogen (secondary N) is 1. The van der Waals surface area contributed by atoms with E-state index in [1.165, 1.54) is 6.92 Å². The number of anilines is 1. The van der Waals surface area contributed by atoms with Gasteiger partial charge in [0.05, 0.1) is 0 Å². The lowest BCUT2D eigenvalue weighted by atomic mass is 10.3. The Morgan fingerprint density at radius 1 is 1.29 bits per heavy atom. The molecule has 0 radical (unpaired) electrons. The molecule has 21 heavy (non-hydrogen) atoms. The van der Waals surface area contributed by atoms with Gasteiger partial charge >= 0.3 is 5.97 Å². The summed E-state index contributed by atoms with van der Waals surface area (Å²) in [4.78, 5) is 11.6. The van der Waals surface area contributed by atoms with Crippen LogP contribution in [0.3, 0.4) is 0 Å². The standard InChI is InChI=1S/C13H13NO5S2/c1-8-12(7-11(19-8)13(15)16)21(17,18)14-9-3-5-10(20-2)6-4-9/h3-7,14H,1-2H3,(H,15,16). The summed E-state index contributed by atoms with van der Waals surface area (Å²) in [5.41, 5.74) is 0.394. The average molecular weight is 327 g/mol. The average Bonchev–Trinajstić information content (AvgIpc) is 2.82. The monoisotopic (exact) mass is 327 g/mol. The zero-order valence-corrected chi connectivity index (χ0v) is 12.9. The van der Waals surface area contributed by atoms with Crippen LogP contribution in [-0.2, 0) is 10.0 Å². The molecule has 1 heterocycles. The lowest BCUT2D eigenvalue weighted by Crippen LogP contribution is -2.13. The van der Waals surface area contributed by atoms with Crippen molar-refractivity contribution in [3.05, 3.63) is 41.9 Å². The van der Waals surface area contributed by atoms with Crippen molar-refractivity contribution < 1.29 is 22.7 Å². The molecule has 0 spiro atoms. The van der Waals surface area contributed by atoms with Crippen molar-refractivity contribution in [1.82, 2.24) is 0 Å². The molecule has 6 nitrogen and oxygen atoms in total. The molecule has 0 saturated heterocycles. The van der Waals surface area contributed by atoms with Gasteiger partial charge in [-0.3, -0.25) is 4.72 Å². The van der Waals surface area contributed by atoms with Gasteiger partial charge in [-0.1, -0.05) is 0 Å². The van der Waals surface area contributed by atoms with Gasteiger partial charge in [0.25, 0.3) is 10.0 Å². The van der Waals surface area contributed by atoms with Gasteiger partial charge in [0.15, 0.2) is 0 Å². The molecule has 0 fully saturated rings. The zero-order chi connectivity index (χ0) is 15.6. The summed E-state index contributed by atoms with van der Waals surface area (Å²) < 4.78 is 31.8. The van der Waals surface area contributed by atoms with Crippen LogP contribution in [0.15, 0.2) is 44.5 Å². The predicted molar refractivity (Wildman–Crippen MR) is 79.4 cm³/mol. The van der Waals surface area contributed by atoms with Gasteiger partial charge in [0, 0.05) is 16.6 Å². The first-order valence-electron chi connectivity index (χ1n) is 5.84. The van der Waals surface area contributed by atoms with E-state index in [1.54, 1.807) is 36.0 Å². The molecule has 8 heteroatoms. The zero-order valence-electron chi connectivity index (χ0n) is 11.3. The molecular weight excluding hydrogens is 314 g/mol. The van der Waals surface area contributed by atoms with Gasteiger partial charge in [0.2, 0.25) is 5.76 Å². The Bertz CT molecular complexity index is 762. The van der Waals surface area contributed by atoms with Crippen LogP contribution in [0.5, 0.6) is 0 Å². The smallest absolute Gasteiger partial charge is 0.371 e. The Labute approximate surface area is 126 Å². The number of aryl methyl sites for hydroxylation is 1. The van der Waals surface area contributed by atoms with E-state index in [9.17, 15) is 13.2 Å². The van der Waals surface area contributed by atoms with Crippen molar-refractivity contribution in [3.63, 3.8) is 0 Å². The van der Waals surface area contributed by atoms with Crippen molar-refractivity contribution >= 4 is 33.4 Å². The minimum absolute atomic E-state index is 0.0284. The molecule has 0 aliphatic carbocycles. The van der Waals surface area contributed by atoms with Gasteiger partial charge < -0.3 is 9.52 Å². The van der Waals surface area contributed by atoms with Crippen molar-refractivity contribution in [2.24, 2.45) is 0 Å². The fourth-order valence-corrected chi connectivity index (χ4v) is 3.35. The van der Waals surface area contributed by atoms with Gasteiger partial charge in [-0.25, -0.2) is 13.2 Å². The summed E-state index contributed by atoms with van der Waals surface area (Å²) in [6, 6.07) is 7.84. The predicted octanol–water partition coefficient (Wildman–Crippen LogP) is 2.81. The van der Waals surface area contributed by atoms with Crippen molar-refractivity contribution in [1.29, 1.82) is 0 Å². The Hall–Kier alpha value is -1.93. The van der Waals surface area contributed by atoms with Gasteiger partial charge in [-0.05, 0) is 37.4 Å². The third kappa shape index (κ3) is 3.40. The van der Waals surface area contributed by atoms with E-state index in [-0.39, 0.29) is 10.7 Å². The van der Waals surface area contributed by atoms with Crippen LogP contribution in [0.1, 0.15) is 16.3 Å². The van der Waals surface area contributed by atoms with E-state index in [4.69, 9.17) is 9.52 Å². The van der Waals surface area contributed by atoms with Gasteiger partial charge in [-0.15, -0.1) is 11.8 Å². The highest BCUT2D eigenvalue weighted by Gasteiger charge is 2.23. The highest BCUT2D eigenvalue weighted by molar-refractivity contribution is 7.98. The van der Waals surface area contributed by atoms with Gasteiger partial charge in [-0.2, -0.15) is 0 Å². The first-order valence-corrected chi connectivity index (χ1v) is 8.55. The Kier molecular flexibility index (Phi) is 4.29. The molecular formula is C13H13NO5S2. The van der Waals surface area contributed by atoms with Crippen LogP contribution in [0.4, 0.5) is 5.69 Å². The first-order chi connectivity index (χ1) is 9.83. The molecule has 0 saturated carbocycles. The van der Waals surface area contributed by atoms with Crippen LogP contribution in [0.25, 0.3) is 0 Å². The maximum absolute atomic E-state index is 12.2.